The van der Waals surface area contributed by atoms with Crippen LogP contribution in [0.5, 0.6) is 0 Å². The highest BCUT2D eigenvalue weighted by atomic mass is 32.2. The maximum Gasteiger partial charge on any atom is 0.323 e. The monoisotopic (exact) mass is 260 g/mol. The topological polar surface area (TPSA) is 65.2 Å². The molecule has 1 unspecified atom stereocenters. The largest absolute Gasteiger partial charge is 0.465 e. The molecule has 0 saturated carbocycles. The molecule has 0 bridgehead atoms. The lowest BCUT2D eigenvalue weighted by Crippen LogP contribution is -2.34. The Hall–Kier alpha value is -0.590. The van der Waals surface area contributed by atoms with Gasteiger partial charge in [0.1, 0.15) is 11.0 Å². The normalized spacial score (nSPS) is 12.4. The second-order valence-electron chi connectivity index (χ2n) is 3.26. The van der Waals surface area contributed by atoms with Crippen molar-refractivity contribution in [3.63, 3.8) is 0 Å². The van der Waals surface area contributed by atoms with Gasteiger partial charge in [-0.05, 0) is 13.8 Å². The molecule has 0 fully saturated rings. The number of thioether (sulfide) groups is 1. The average Bonchev–Trinajstić information content (AvgIpc) is 2.64. The zero-order valence-electron chi connectivity index (χ0n) is 9.43. The summed E-state index contributed by atoms with van der Waals surface area (Å²) in [5, 5.41) is 3.08. The van der Waals surface area contributed by atoms with Crippen molar-refractivity contribution < 1.29 is 9.53 Å². The van der Waals surface area contributed by atoms with Crippen LogP contribution in [0, 0.1) is 6.92 Å². The lowest BCUT2D eigenvalue weighted by atomic mass is 10.4. The van der Waals surface area contributed by atoms with Gasteiger partial charge in [-0.2, -0.15) is 11.8 Å². The minimum absolute atomic E-state index is 0.328. The van der Waals surface area contributed by atoms with Crippen LogP contribution >= 0.6 is 23.1 Å². The molecule has 4 nitrogen and oxygen atoms in total. The Balaban J connectivity index is 2.22. The predicted molar refractivity (Wildman–Crippen MR) is 67.6 cm³/mol. The quantitative estimate of drug-likeness (QED) is 0.787. The summed E-state index contributed by atoms with van der Waals surface area (Å²) in [6, 6.07) is -0.536. The molecule has 1 heterocycles. The molecule has 0 saturated heterocycles. The summed E-state index contributed by atoms with van der Waals surface area (Å²) in [6.07, 6.45) is 0. The van der Waals surface area contributed by atoms with E-state index < -0.39 is 6.04 Å². The van der Waals surface area contributed by atoms with E-state index in [-0.39, 0.29) is 5.97 Å². The highest BCUT2D eigenvalue weighted by Gasteiger charge is 2.14. The summed E-state index contributed by atoms with van der Waals surface area (Å²) in [5.41, 5.74) is 6.70. The molecule has 90 valence electrons. The molecule has 1 atom stereocenters. The van der Waals surface area contributed by atoms with E-state index in [1.165, 1.54) is 0 Å². The van der Waals surface area contributed by atoms with E-state index in [0.717, 1.165) is 16.5 Å². The van der Waals surface area contributed by atoms with Gasteiger partial charge in [0, 0.05) is 22.6 Å². The molecule has 1 rings (SSSR count). The Morgan fingerprint density at radius 2 is 2.50 bits per heavy atom. The fraction of sp³-hybridized carbons (Fsp3) is 0.600. The Labute approximate surface area is 104 Å². The third-order valence-corrected chi connectivity index (χ3v) is 4.00. The summed E-state index contributed by atoms with van der Waals surface area (Å²) >= 11 is 3.23. The van der Waals surface area contributed by atoms with E-state index in [0.29, 0.717) is 12.4 Å². The van der Waals surface area contributed by atoms with E-state index in [4.69, 9.17) is 10.5 Å². The molecular formula is C10H16N2O2S2. The van der Waals surface area contributed by atoms with Gasteiger partial charge >= 0.3 is 5.97 Å². The molecule has 0 aliphatic carbocycles. The molecule has 0 aliphatic rings. The predicted octanol–water partition coefficient (Wildman–Crippen LogP) is 1.58. The molecule has 16 heavy (non-hydrogen) atoms. The number of rotatable bonds is 6. The second kappa shape index (κ2) is 6.88. The van der Waals surface area contributed by atoms with Crippen LogP contribution in [-0.4, -0.2) is 29.4 Å². The first-order valence-electron chi connectivity index (χ1n) is 5.04. The molecular weight excluding hydrogens is 244 g/mol. The van der Waals surface area contributed by atoms with Crippen molar-refractivity contribution in [3.05, 3.63) is 16.1 Å². The first-order valence-corrected chi connectivity index (χ1v) is 7.08. The first kappa shape index (κ1) is 13.5. The standard InChI is InChI=1S/C10H16N2O2S2/c1-3-14-10(13)8(11)5-15-6-9-12-7(2)4-16-9/h4,8H,3,5-6,11H2,1-2H3. The minimum atomic E-state index is -0.536. The fourth-order valence-corrected chi connectivity index (χ4v) is 2.88. The highest BCUT2D eigenvalue weighted by Crippen LogP contribution is 2.16. The summed E-state index contributed by atoms with van der Waals surface area (Å²) in [7, 11) is 0. The van der Waals surface area contributed by atoms with Gasteiger partial charge in [0.25, 0.3) is 0 Å². The molecule has 0 spiro atoms. The van der Waals surface area contributed by atoms with Gasteiger partial charge in [0.2, 0.25) is 0 Å². The molecule has 6 heteroatoms. The van der Waals surface area contributed by atoms with E-state index >= 15 is 0 Å². The lowest BCUT2D eigenvalue weighted by molar-refractivity contribution is -0.144. The lowest BCUT2D eigenvalue weighted by Gasteiger charge is -2.09. The van der Waals surface area contributed by atoms with Crippen LogP contribution in [0.4, 0.5) is 0 Å². The number of esters is 1. The molecule has 1 aromatic heterocycles. The number of aromatic nitrogens is 1. The molecule has 2 N–H and O–H groups in total. The zero-order valence-corrected chi connectivity index (χ0v) is 11.1. The fourth-order valence-electron chi connectivity index (χ4n) is 1.06. The van der Waals surface area contributed by atoms with Gasteiger partial charge < -0.3 is 10.5 Å². The number of hydrogen-bond acceptors (Lipinski definition) is 6. The van der Waals surface area contributed by atoms with Crippen LogP contribution in [0.15, 0.2) is 5.38 Å². The Kier molecular flexibility index (Phi) is 5.79. The third-order valence-electron chi connectivity index (χ3n) is 1.78. The van der Waals surface area contributed by atoms with Crippen molar-refractivity contribution in [1.29, 1.82) is 0 Å². The number of carbonyl (C=O) groups is 1. The van der Waals surface area contributed by atoms with Crippen molar-refractivity contribution in [1.82, 2.24) is 4.98 Å². The van der Waals surface area contributed by atoms with E-state index in [2.05, 4.69) is 4.98 Å². The molecule has 0 radical (unpaired) electrons. The van der Waals surface area contributed by atoms with Crippen LogP contribution in [0.25, 0.3) is 0 Å². The van der Waals surface area contributed by atoms with Gasteiger partial charge in [-0.1, -0.05) is 0 Å². The Morgan fingerprint density at radius 1 is 1.75 bits per heavy atom. The maximum atomic E-state index is 11.2. The SMILES string of the molecule is CCOC(=O)C(N)CSCc1nc(C)cs1. The van der Waals surface area contributed by atoms with Crippen molar-refractivity contribution in [2.24, 2.45) is 5.73 Å². The molecule has 0 amide bonds. The van der Waals surface area contributed by atoms with E-state index in [1.54, 1.807) is 30.0 Å². The molecule has 0 aliphatic heterocycles. The molecule has 1 aromatic rings. The first-order chi connectivity index (χ1) is 7.63. The van der Waals surface area contributed by atoms with E-state index in [1.807, 2.05) is 12.3 Å². The van der Waals surface area contributed by atoms with Crippen molar-refractivity contribution in [2.75, 3.05) is 12.4 Å². The van der Waals surface area contributed by atoms with Crippen LogP contribution in [0.1, 0.15) is 17.6 Å². The summed E-state index contributed by atoms with van der Waals surface area (Å²) in [6.45, 7) is 4.12. The Morgan fingerprint density at radius 3 is 3.06 bits per heavy atom. The highest BCUT2D eigenvalue weighted by molar-refractivity contribution is 7.98. The smallest absolute Gasteiger partial charge is 0.323 e. The third kappa shape index (κ3) is 4.51. The van der Waals surface area contributed by atoms with Crippen LogP contribution < -0.4 is 5.73 Å². The number of aryl methyl sites for hydroxylation is 1. The summed E-state index contributed by atoms with van der Waals surface area (Å²) in [5.74, 6) is 1.04. The van der Waals surface area contributed by atoms with E-state index in [9.17, 15) is 4.79 Å². The Bertz CT molecular complexity index is 341. The number of thiazole rings is 1. The van der Waals surface area contributed by atoms with Gasteiger partial charge in [-0.25, -0.2) is 4.98 Å². The van der Waals surface area contributed by atoms with Crippen LogP contribution in [-0.2, 0) is 15.3 Å². The second-order valence-corrected chi connectivity index (χ2v) is 5.23. The number of nitrogens with two attached hydrogens (primary N) is 1. The number of nitrogens with zero attached hydrogens (tertiary/aromatic N) is 1. The van der Waals surface area contributed by atoms with Crippen molar-refractivity contribution in [3.8, 4) is 0 Å². The summed E-state index contributed by atoms with van der Waals surface area (Å²) < 4.78 is 4.82. The van der Waals surface area contributed by atoms with Crippen molar-refractivity contribution in [2.45, 2.75) is 25.6 Å². The van der Waals surface area contributed by atoms with Crippen LogP contribution in [0.3, 0.4) is 0 Å². The summed E-state index contributed by atoms with van der Waals surface area (Å²) in [4.78, 5) is 15.5. The maximum absolute atomic E-state index is 11.2. The van der Waals surface area contributed by atoms with Crippen LogP contribution in [0.2, 0.25) is 0 Å². The average molecular weight is 260 g/mol. The van der Waals surface area contributed by atoms with Gasteiger partial charge in [-0.3, -0.25) is 4.79 Å². The van der Waals surface area contributed by atoms with Gasteiger partial charge in [0.15, 0.2) is 0 Å². The number of carbonyl (C=O) groups excluding carboxylic acids is 1. The minimum Gasteiger partial charge on any atom is -0.465 e. The van der Waals surface area contributed by atoms with Crippen molar-refractivity contribution >= 4 is 29.1 Å². The molecule has 0 aromatic carbocycles. The van der Waals surface area contributed by atoms with Gasteiger partial charge in [-0.15, -0.1) is 11.3 Å². The zero-order chi connectivity index (χ0) is 12.0. The number of hydrogen-bond donors (Lipinski definition) is 1. The number of ether oxygens (including phenoxy) is 1. The van der Waals surface area contributed by atoms with Gasteiger partial charge in [0.05, 0.1) is 6.61 Å².